The summed E-state index contributed by atoms with van der Waals surface area (Å²) in [6.07, 6.45) is 0. The summed E-state index contributed by atoms with van der Waals surface area (Å²) in [5, 5.41) is 3.16. The molecule has 0 amide bonds. The van der Waals surface area contributed by atoms with Gasteiger partial charge in [0.15, 0.2) is 0 Å². The van der Waals surface area contributed by atoms with Crippen molar-refractivity contribution in [1.82, 2.24) is 15.3 Å². The Hall–Kier alpha value is -1.46. The molecule has 0 unspecified atom stereocenters. The zero-order valence-corrected chi connectivity index (χ0v) is 11.6. The standard InChI is InChI=1S/C13H14BrN3O/c1-2-15-8-9-7-12(18)17-13(16-9)10-5-3-4-6-11(10)14/h3-7,15H,2,8H2,1H3,(H,16,17,18). The molecule has 1 aromatic carbocycles. The minimum atomic E-state index is -0.136. The number of aromatic nitrogens is 2. The van der Waals surface area contributed by atoms with Gasteiger partial charge in [0.05, 0.1) is 5.69 Å². The number of hydrogen-bond acceptors (Lipinski definition) is 3. The van der Waals surface area contributed by atoms with Gasteiger partial charge in [0.1, 0.15) is 5.82 Å². The first-order valence-electron chi connectivity index (χ1n) is 5.76. The largest absolute Gasteiger partial charge is 0.311 e. The highest BCUT2D eigenvalue weighted by atomic mass is 79.9. The molecule has 0 saturated heterocycles. The fraction of sp³-hybridized carbons (Fsp3) is 0.231. The molecule has 0 aliphatic carbocycles. The molecule has 2 rings (SSSR count). The zero-order valence-electron chi connectivity index (χ0n) is 10.0. The van der Waals surface area contributed by atoms with Gasteiger partial charge < -0.3 is 10.3 Å². The monoisotopic (exact) mass is 307 g/mol. The molecule has 0 fully saturated rings. The van der Waals surface area contributed by atoms with Crippen molar-refractivity contribution >= 4 is 15.9 Å². The molecule has 0 spiro atoms. The summed E-state index contributed by atoms with van der Waals surface area (Å²) in [5.74, 6) is 0.586. The molecule has 0 aliphatic heterocycles. The van der Waals surface area contributed by atoms with Gasteiger partial charge in [-0.15, -0.1) is 0 Å². The van der Waals surface area contributed by atoms with Crippen LogP contribution in [-0.2, 0) is 6.54 Å². The molecule has 0 bridgehead atoms. The first-order chi connectivity index (χ1) is 8.70. The predicted molar refractivity (Wildman–Crippen MR) is 75.4 cm³/mol. The van der Waals surface area contributed by atoms with E-state index < -0.39 is 0 Å². The molecule has 0 radical (unpaired) electrons. The summed E-state index contributed by atoms with van der Waals surface area (Å²) in [6.45, 7) is 3.46. The summed E-state index contributed by atoms with van der Waals surface area (Å²) in [5.41, 5.74) is 1.49. The minimum absolute atomic E-state index is 0.136. The average Bonchev–Trinajstić information content (AvgIpc) is 2.36. The quantitative estimate of drug-likeness (QED) is 0.911. The average molecular weight is 308 g/mol. The van der Waals surface area contributed by atoms with Crippen LogP contribution in [0.3, 0.4) is 0 Å². The van der Waals surface area contributed by atoms with E-state index in [1.54, 1.807) is 0 Å². The van der Waals surface area contributed by atoms with E-state index in [4.69, 9.17) is 0 Å². The molecule has 1 heterocycles. The van der Waals surface area contributed by atoms with E-state index in [2.05, 4.69) is 31.2 Å². The van der Waals surface area contributed by atoms with E-state index in [0.29, 0.717) is 12.4 Å². The number of nitrogens with one attached hydrogen (secondary N) is 2. The Bertz CT molecular complexity index is 595. The third-order valence-corrected chi connectivity index (χ3v) is 3.17. The topological polar surface area (TPSA) is 57.8 Å². The Morgan fingerprint density at radius 2 is 2.17 bits per heavy atom. The van der Waals surface area contributed by atoms with Crippen molar-refractivity contribution in [2.45, 2.75) is 13.5 Å². The molecule has 2 aromatic rings. The lowest BCUT2D eigenvalue weighted by Gasteiger charge is -2.06. The maximum Gasteiger partial charge on any atom is 0.251 e. The number of nitrogens with zero attached hydrogens (tertiary/aromatic N) is 1. The van der Waals surface area contributed by atoms with Crippen molar-refractivity contribution in [2.75, 3.05) is 6.54 Å². The van der Waals surface area contributed by atoms with E-state index in [9.17, 15) is 4.79 Å². The summed E-state index contributed by atoms with van der Waals surface area (Å²) >= 11 is 3.46. The predicted octanol–water partition coefficient (Wildman–Crippen LogP) is 2.31. The van der Waals surface area contributed by atoms with Crippen molar-refractivity contribution in [2.24, 2.45) is 0 Å². The maximum absolute atomic E-state index is 11.6. The number of aromatic amines is 1. The van der Waals surface area contributed by atoms with E-state index in [0.717, 1.165) is 22.3 Å². The summed E-state index contributed by atoms with van der Waals surface area (Å²) in [7, 11) is 0. The van der Waals surface area contributed by atoms with Gasteiger partial charge >= 0.3 is 0 Å². The first-order valence-corrected chi connectivity index (χ1v) is 6.56. The molecule has 5 heteroatoms. The Kier molecular flexibility index (Phi) is 4.28. The molecule has 0 aliphatic rings. The number of halogens is 1. The molecule has 0 saturated carbocycles. The Morgan fingerprint density at radius 3 is 2.89 bits per heavy atom. The van der Waals surface area contributed by atoms with E-state index >= 15 is 0 Å². The Morgan fingerprint density at radius 1 is 1.39 bits per heavy atom. The molecular formula is C13H14BrN3O. The second kappa shape index (κ2) is 5.93. The Labute approximate surface area is 114 Å². The first kappa shape index (κ1) is 13.0. The SMILES string of the molecule is CCNCc1cc(=O)[nH]c(-c2ccccc2Br)n1. The fourth-order valence-electron chi connectivity index (χ4n) is 1.63. The molecule has 2 N–H and O–H groups in total. The van der Waals surface area contributed by atoms with Gasteiger partial charge in [-0.1, -0.05) is 41.1 Å². The number of rotatable bonds is 4. The van der Waals surface area contributed by atoms with Crippen molar-refractivity contribution in [3.8, 4) is 11.4 Å². The van der Waals surface area contributed by atoms with Crippen LogP contribution in [0.1, 0.15) is 12.6 Å². The lowest BCUT2D eigenvalue weighted by molar-refractivity contribution is 0.708. The van der Waals surface area contributed by atoms with Crippen LogP contribution in [0.4, 0.5) is 0 Å². The minimum Gasteiger partial charge on any atom is -0.311 e. The zero-order chi connectivity index (χ0) is 13.0. The second-order valence-corrected chi connectivity index (χ2v) is 4.70. The van der Waals surface area contributed by atoms with Crippen LogP contribution in [0, 0.1) is 0 Å². The summed E-state index contributed by atoms with van der Waals surface area (Å²) < 4.78 is 0.911. The maximum atomic E-state index is 11.6. The smallest absolute Gasteiger partial charge is 0.251 e. The summed E-state index contributed by atoms with van der Waals surface area (Å²) in [4.78, 5) is 18.8. The molecule has 4 nitrogen and oxygen atoms in total. The number of H-pyrrole nitrogens is 1. The lowest BCUT2D eigenvalue weighted by atomic mass is 10.2. The lowest BCUT2D eigenvalue weighted by Crippen LogP contribution is -2.17. The van der Waals surface area contributed by atoms with Crippen LogP contribution in [0.15, 0.2) is 39.6 Å². The molecule has 0 atom stereocenters. The molecule has 94 valence electrons. The number of hydrogen-bond donors (Lipinski definition) is 2. The van der Waals surface area contributed by atoms with Gasteiger partial charge in [-0.05, 0) is 12.6 Å². The van der Waals surface area contributed by atoms with Crippen LogP contribution in [-0.4, -0.2) is 16.5 Å². The van der Waals surface area contributed by atoms with E-state index in [1.807, 2.05) is 31.2 Å². The summed E-state index contributed by atoms with van der Waals surface area (Å²) in [6, 6.07) is 9.19. The highest BCUT2D eigenvalue weighted by Crippen LogP contribution is 2.24. The Balaban J connectivity index is 2.42. The van der Waals surface area contributed by atoms with E-state index in [-0.39, 0.29) is 5.56 Å². The normalized spacial score (nSPS) is 10.6. The van der Waals surface area contributed by atoms with Crippen molar-refractivity contribution in [1.29, 1.82) is 0 Å². The highest BCUT2D eigenvalue weighted by Gasteiger charge is 2.06. The van der Waals surface area contributed by atoms with Crippen LogP contribution in [0.25, 0.3) is 11.4 Å². The van der Waals surface area contributed by atoms with Gasteiger partial charge in [0, 0.05) is 22.6 Å². The van der Waals surface area contributed by atoms with Crippen LogP contribution < -0.4 is 10.9 Å². The third kappa shape index (κ3) is 3.05. The molecule has 1 aromatic heterocycles. The van der Waals surface area contributed by atoms with Gasteiger partial charge in [-0.2, -0.15) is 0 Å². The van der Waals surface area contributed by atoms with Crippen LogP contribution >= 0.6 is 15.9 Å². The van der Waals surface area contributed by atoms with Crippen molar-refractivity contribution in [3.63, 3.8) is 0 Å². The van der Waals surface area contributed by atoms with Gasteiger partial charge in [0.2, 0.25) is 0 Å². The number of benzene rings is 1. The van der Waals surface area contributed by atoms with Gasteiger partial charge in [0.25, 0.3) is 5.56 Å². The van der Waals surface area contributed by atoms with E-state index in [1.165, 1.54) is 6.07 Å². The second-order valence-electron chi connectivity index (χ2n) is 3.85. The fourth-order valence-corrected chi connectivity index (χ4v) is 2.10. The third-order valence-electron chi connectivity index (χ3n) is 2.48. The molecular weight excluding hydrogens is 294 g/mol. The van der Waals surface area contributed by atoms with Crippen molar-refractivity contribution in [3.05, 3.63) is 50.9 Å². The highest BCUT2D eigenvalue weighted by molar-refractivity contribution is 9.10. The van der Waals surface area contributed by atoms with Gasteiger partial charge in [-0.25, -0.2) is 4.98 Å². The van der Waals surface area contributed by atoms with Gasteiger partial charge in [-0.3, -0.25) is 4.79 Å². The molecule has 18 heavy (non-hydrogen) atoms. The van der Waals surface area contributed by atoms with Crippen molar-refractivity contribution < 1.29 is 0 Å². The van der Waals surface area contributed by atoms with Crippen LogP contribution in [0.5, 0.6) is 0 Å². The van der Waals surface area contributed by atoms with Crippen LogP contribution in [0.2, 0.25) is 0 Å².